The fraction of sp³-hybridized carbons (Fsp3) is 0.579. The van der Waals surface area contributed by atoms with Crippen LogP contribution in [0.25, 0.3) is 0 Å². The summed E-state index contributed by atoms with van der Waals surface area (Å²) in [5, 5.41) is 0.126. The first-order valence-electron chi connectivity index (χ1n) is 8.69. The molecule has 0 spiro atoms. The van der Waals surface area contributed by atoms with Gasteiger partial charge in [0.2, 0.25) is 5.91 Å². The summed E-state index contributed by atoms with van der Waals surface area (Å²) in [6, 6.07) is 9.08. The van der Waals surface area contributed by atoms with E-state index in [1.54, 1.807) is 4.90 Å². The summed E-state index contributed by atoms with van der Waals surface area (Å²) in [5.41, 5.74) is 0.809. The minimum absolute atomic E-state index is 0.0134. The van der Waals surface area contributed by atoms with Gasteiger partial charge in [-0.1, -0.05) is 51.1 Å². The number of fused-ring (bicyclic) bond motifs is 1. The molecule has 3 atom stereocenters. The lowest BCUT2D eigenvalue weighted by molar-refractivity contribution is -0.129. The molecule has 1 aromatic rings. The molecule has 4 nitrogen and oxygen atoms in total. The molecule has 2 saturated heterocycles. The number of Topliss-reactive ketones (excluding diaryl/α,β-unsaturated/α-hetero) is 1. The summed E-state index contributed by atoms with van der Waals surface area (Å²) in [4.78, 5) is 27.3. The molecule has 0 radical (unpaired) electrons. The predicted molar refractivity (Wildman–Crippen MR) is 96.4 cm³/mol. The number of amides is 1. The Morgan fingerprint density at radius 2 is 1.75 bits per heavy atom. The van der Waals surface area contributed by atoms with Crippen molar-refractivity contribution in [1.82, 2.24) is 4.90 Å². The molecule has 2 fully saturated rings. The van der Waals surface area contributed by atoms with Gasteiger partial charge >= 0.3 is 0 Å². The van der Waals surface area contributed by atoms with Gasteiger partial charge < -0.3 is 9.33 Å². The van der Waals surface area contributed by atoms with E-state index in [0.717, 1.165) is 5.56 Å². The van der Waals surface area contributed by atoms with Crippen LogP contribution in [0.1, 0.15) is 38.7 Å². The van der Waals surface area contributed by atoms with Crippen LogP contribution in [0.2, 0.25) is 18.1 Å². The van der Waals surface area contributed by atoms with Gasteiger partial charge in [0, 0.05) is 13.0 Å². The van der Waals surface area contributed by atoms with Crippen molar-refractivity contribution in [2.24, 2.45) is 0 Å². The maximum atomic E-state index is 12.8. The molecule has 24 heavy (non-hydrogen) atoms. The molecular weight excluding hydrogens is 318 g/mol. The van der Waals surface area contributed by atoms with Gasteiger partial charge in [0.05, 0.1) is 12.1 Å². The van der Waals surface area contributed by atoms with Crippen molar-refractivity contribution in [1.29, 1.82) is 0 Å². The molecule has 1 unspecified atom stereocenters. The molecule has 5 heteroatoms. The first-order chi connectivity index (χ1) is 11.1. The lowest BCUT2D eigenvalue weighted by Crippen LogP contribution is -2.45. The third-order valence-corrected chi connectivity index (χ3v) is 10.3. The fourth-order valence-electron chi connectivity index (χ4n) is 3.42. The highest BCUT2D eigenvalue weighted by Gasteiger charge is 2.53. The van der Waals surface area contributed by atoms with Crippen molar-refractivity contribution >= 4 is 20.0 Å². The Morgan fingerprint density at radius 1 is 1.12 bits per heavy atom. The zero-order chi connectivity index (χ0) is 17.7. The Balaban J connectivity index is 1.74. The summed E-state index contributed by atoms with van der Waals surface area (Å²) in [5.74, 6) is -0.643. The second-order valence-electron chi connectivity index (χ2n) is 8.49. The minimum atomic E-state index is -1.89. The second kappa shape index (κ2) is 5.81. The summed E-state index contributed by atoms with van der Waals surface area (Å²) in [6.45, 7) is 11.6. The number of ketones is 1. The Hall–Kier alpha value is -1.46. The highest BCUT2D eigenvalue weighted by Crippen LogP contribution is 2.41. The van der Waals surface area contributed by atoms with E-state index < -0.39 is 14.2 Å². The third kappa shape index (κ3) is 2.84. The number of carbonyl (C=O) groups is 2. The van der Waals surface area contributed by atoms with Crippen LogP contribution in [0, 0.1) is 0 Å². The van der Waals surface area contributed by atoms with E-state index in [1.807, 2.05) is 30.3 Å². The number of nitrogens with zero attached hydrogens (tertiary/aromatic N) is 1. The number of carbonyl (C=O) groups excluding carboxylic acids is 2. The van der Waals surface area contributed by atoms with Gasteiger partial charge in [-0.15, -0.1) is 0 Å². The lowest BCUT2D eigenvalue weighted by atomic mass is 9.93. The van der Waals surface area contributed by atoms with Gasteiger partial charge in [-0.05, 0) is 23.7 Å². The quantitative estimate of drug-likeness (QED) is 0.623. The number of hydrogen-bond acceptors (Lipinski definition) is 3. The molecule has 2 aliphatic rings. The Kier molecular flexibility index (Phi) is 4.20. The lowest BCUT2D eigenvalue weighted by Gasteiger charge is -2.38. The molecular formula is C19H27NO3Si. The largest absolute Gasteiger partial charge is 0.412 e. The van der Waals surface area contributed by atoms with Crippen molar-refractivity contribution < 1.29 is 14.0 Å². The van der Waals surface area contributed by atoms with E-state index in [1.165, 1.54) is 0 Å². The van der Waals surface area contributed by atoms with E-state index in [4.69, 9.17) is 4.43 Å². The predicted octanol–water partition coefficient (Wildman–Crippen LogP) is 3.34. The van der Waals surface area contributed by atoms with Crippen molar-refractivity contribution in [2.75, 3.05) is 6.54 Å². The molecule has 0 saturated carbocycles. The zero-order valence-electron chi connectivity index (χ0n) is 15.2. The monoisotopic (exact) mass is 345 g/mol. The minimum Gasteiger partial charge on any atom is -0.412 e. The molecule has 2 aliphatic heterocycles. The zero-order valence-corrected chi connectivity index (χ0v) is 16.2. The molecule has 130 valence electrons. The summed E-state index contributed by atoms with van der Waals surface area (Å²) in [6.07, 6.45) is 0.626. The van der Waals surface area contributed by atoms with Crippen molar-refractivity contribution in [2.45, 2.75) is 63.4 Å². The van der Waals surface area contributed by atoms with Gasteiger partial charge in [0.15, 0.2) is 14.1 Å². The Labute approximate surface area is 145 Å². The molecule has 0 N–H and O–H groups in total. The first kappa shape index (κ1) is 17.4. The van der Waals surface area contributed by atoms with E-state index in [9.17, 15) is 9.59 Å². The number of rotatable bonds is 3. The first-order valence-corrected chi connectivity index (χ1v) is 11.6. The maximum Gasteiger partial charge on any atom is 0.238 e. The van der Waals surface area contributed by atoms with E-state index in [-0.39, 0.29) is 28.9 Å². The van der Waals surface area contributed by atoms with Crippen LogP contribution in [0.3, 0.4) is 0 Å². The number of benzene rings is 1. The van der Waals surface area contributed by atoms with E-state index >= 15 is 0 Å². The van der Waals surface area contributed by atoms with Crippen LogP contribution in [0.5, 0.6) is 0 Å². The van der Waals surface area contributed by atoms with Crippen LogP contribution in [0.4, 0.5) is 0 Å². The SMILES string of the molecule is CC(C)(C)[Si](C)(C)O[C@@H]1C[C@H]2C(=O)C(c3ccccc3)C(=O)N2C1. The normalized spacial score (nSPS) is 27.7. The van der Waals surface area contributed by atoms with Gasteiger partial charge in [0.1, 0.15) is 5.92 Å². The average Bonchev–Trinajstić information content (AvgIpc) is 2.98. The second-order valence-corrected chi connectivity index (χ2v) is 13.2. The highest BCUT2D eigenvalue weighted by atomic mass is 28.4. The third-order valence-electron chi connectivity index (χ3n) is 5.81. The highest BCUT2D eigenvalue weighted by molar-refractivity contribution is 6.74. The van der Waals surface area contributed by atoms with Crippen molar-refractivity contribution in [3.05, 3.63) is 35.9 Å². The Bertz CT molecular complexity index is 626. The van der Waals surface area contributed by atoms with E-state index in [0.29, 0.717) is 13.0 Å². The van der Waals surface area contributed by atoms with Crippen molar-refractivity contribution in [3.8, 4) is 0 Å². The van der Waals surface area contributed by atoms with Crippen LogP contribution in [-0.4, -0.2) is 43.6 Å². The summed E-state index contributed by atoms with van der Waals surface area (Å²) >= 11 is 0. The molecule has 3 rings (SSSR count). The molecule has 0 aliphatic carbocycles. The standard InChI is InChI=1S/C19H27NO3Si/c1-19(2,3)24(4,5)23-14-11-15-17(21)16(18(22)20(15)12-14)13-9-7-6-8-10-13/h6-10,14-16H,11-12H2,1-5H3/t14-,15+,16?/m1/s1. The molecule has 1 aromatic carbocycles. The molecule has 0 bridgehead atoms. The topological polar surface area (TPSA) is 46.6 Å². The summed E-state index contributed by atoms with van der Waals surface area (Å²) in [7, 11) is -1.89. The van der Waals surface area contributed by atoms with Gasteiger partial charge in [-0.2, -0.15) is 0 Å². The van der Waals surface area contributed by atoms with Gasteiger partial charge in [-0.3, -0.25) is 9.59 Å². The Morgan fingerprint density at radius 3 is 2.29 bits per heavy atom. The smallest absolute Gasteiger partial charge is 0.238 e. The van der Waals surface area contributed by atoms with Crippen LogP contribution >= 0.6 is 0 Å². The fourth-order valence-corrected chi connectivity index (χ4v) is 4.78. The maximum absolute atomic E-state index is 12.8. The summed E-state index contributed by atoms with van der Waals surface area (Å²) < 4.78 is 6.43. The van der Waals surface area contributed by atoms with Crippen LogP contribution in [-0.2, 0) is 14.0 Å². The van der Waals surface area contributed by atoms with Crippen LogP contribution < -0.4 is 0 Å². The molecule has 0 aromatic heterocycles. The van der Waals surface area contributed by atoms with E-state index in [2.05, 4.69) is 33.9 Å². The van der Waals surface area contributed by atoms with Gasteiger partial charge in [0.25, 0.3) is 0 Å². The number of hydrogen-bond donors (Lipinski definition) is 0. The van der Waals surface area contributed by atoms with Crippen molar-refractivity contribution in [3.63, 3.8) is 0 Å². The average molecular weight is 346 g/mol. The molecule has 2 heterocycles. The van der Waals surface area contributed by atoms with Gasteiger partial charge in [-0.25, -0.2) is 0 Å². The molecule has 1 amide bonds. The van der Waals surface area contributed by atoms with Crippen LogP contribution in [0.15, 0.2) is 30.3 Å².